The molecule has 1 saturated heterocycles. The van der Waals surface area contributed by atoms with Gasteiger partial charge in [-0.15, -0.1) is 0 Å². The second-order valence-electron chi connectivity index (χ2n) is 5.44. The number of nitrogens with zero attached hydrogens (tertiary/aromatic N) is 3. The Morgan fingerprint density at radius 1 is 1.45 bits per heavy atom. The lowest BCUT2D eigenvalue weighted by Gasteiger charge is -2.31. The number of amides is 2. The minimum atomic E-state index is -0.138. The predicted octanol–water partition coefficient (Wildman–Crippen LogP) is 1.23. The monoisotopic (exact) mass is 325 g/mol. The minimum absolute atomic E-state index is 0.0230. The van der Waals surface area contributed by atoms with E-state index in [0.717, 1.165) is 25.2 Å². The minimum Gasteiger partial charge on any atom is -0.348 e. The van der Waals surface area contributed by atoms with Crippen LogP contribution in [0.1, 0.15) is 38.9 Å². The van der Waals surface area contributed by atoms with E-state index in [4.69, 9.17) is 12.2 Å². The number of hydrogen-bond acceptors (Lipinski definition) is 4. The summed E-state index contributed by atoms with van der Waals surface area (Å²) in [6.45, 7) is 6.15. The molecule has 0 unspecified atom stereocenters. The summed E-state index contributed by atoms with van der Waals surface area (Å²) in [5, 5.41) is 9.77. The zero-order chi connectivity index (χ0) is 16.1. The van der Waals surface area contributed by atoms with Gasteiger partial charge in [0.15, 0.2) is 10.6 Å². The van der Waals surface area contributed by atoms with Crippen LogP contribution in [0.5, 0.6) is 0 Å². The fourth-order valence-electron chi connectivity index (χ4n) is 2.76. The molecule has 122 valence electrons. The van der Waals surface area contributed by atoms with E-state index in [2.05, 4.69) is 15.5 Å². The molecule has 2 amide bonds. The van der Waals surface area contributed by atoms with Crippen molar-refractivity contribution in [2.75, 3.05) is 13.1 Å². The smallest absolute Gasteiger partial charge is 0.225 e. The van der Waals surface area contributed by atoms with Crippen LogP contribution in [0.2, 0.25) is 0 Å². The van der Waals surface area contributed by atoms with Gasteiger partial charge in [-0.1, -0.05) is 6.92 Å². The van der Waals surface area contributed by atoms with Gasteiger partial charge in [0.05, 0.1) is 12.5 Å². The fraction of sp³-hybridized carbons (Fsp3) is 0.714. The fourth-order valence-corrected chi connectivity index (χ4v) is 3.04. The van der Waals surface area contributed by atoms with Gasteiger partial charge in [0.25, 0.3) is 0 Å². The van der Waals surface area contributed by atoms with E-state index in [1.165, 1.54) is 0 Å². The lowest BCUT2D eigenvalue weighted by molar-refractivity contribution is -0.135. The predicted molar refractivity (Wildman–Crippen MR) is 84.5 cm³/mol. The van der Waals surface area contributed by atoms with E-state index in [-0.39, 0.29) is 17.7 Å². The van der Waals surface area contributed by atoms with Crippen molar-refractivity contribution >= 4 is 24.0 Å². The van der Waals surface area contributed by atoms with E-state index in [1.807, 2.05) is 18.4 Å². The van der Waals surface area contributed by atoms with Gasteiger partial charge >= 0.3 is 0 Å². The average Bonchev–Trinajstić information content (AvgIpc) is 2.91. The number of likely N-dealkylation sites (tertiary alicyclic amines) is 1. The summed E-state index contributed by atoms with van der Waals surface area (Å²) >= 11 is 5.12. The molecule has 1 aliphatic rings. The number of carbonyl (C=O) groups is 2. The third-order valence-electron chi connectivity index (χ3n) is 4.02. The highest BCUT2D eigenvalue weighted by Gasteiger charge is 2.27. The number of rotatable bonds is 5. The van der Waals surface area contributed by atoms with Gasteiger partial charge in [-0.3, -0.25) is 14.7 Å². The summed E-state index contributed by atoms with van der Waals surface area (Å²) in [6, 6.07) is 0. The lowest BCUT2D eigenvalue weighted by atomic mass is 9.97. The van der Waals surface area contributed by atoms with Crippen LogP contribution >= 0.6 is 12.2 Å². The Morgan fingerprint density at radius 3 is 2.91 bits per heavy atom. The number of hydrogen-bond donors (Lipinski definition) is 2. The Kier molecular flexibility index (Phi) is 5.70. The van der Waals surface area contributed by atoms with Gasteiger partial charge < -0.3 is 14.8 Å². The molecule has 1 aromatic rings. The maximum Gasteiger partial charge on any atom is 0.225 e. The number of aromatic nitrogens is 3. The quantitative estimate of drug-likeness (QED) is 0.798. The van der Waals surface area contributed by atoms with Crippen LogP contribution in [-0.4, -0.2) is 44.6 Å². The summed E-state index contributed by atoms with van der Waals surface area (Å²) in [5.41, 5.74) is 0. The van der Waals surface area contributed by atoms with Crippen molar-refractivity contribution in [3.8, 4) is 0 Å². The number of H-pyrrole nitrogens is 1. The Balaban J connectivity index is 1.91. The average molecular weight is 325 g/mol. The van der Waals surface area contributed by atoms with Crippen LogP contribution in [0.3, 0.4) is 0 Å². The molecule has 8 heteroatoms. The molecule has 2 N–H and O–H groups in total. The Labute approximate surface area is 135 Å². The summed E-state index contributed by atoms with van der Waals surface area (Å²) in [7, 11) is 0. The summed E-state index contributed by atoms with van der Waals surface area (Å²) in [5.74, 6) is 0.675. The Bertz CT molecular complexity index is 594. The highest BCUT2D eigenvalue weighted by Crippen LogP contribution is 2.17. The van der Waals surface area contributed by atoms with Crippen molar-refractivity contribution in [1.82, 2.24) is 25.0 Å². The standard InChI is InChI=1S/C14H23N5O2S/c1-3-12(20)18-7-5-6-10(9-18)13(21)15-8-11-16-17-14(22)19(11)4-2/h10H,3-9H2,1-2H3,(H,15,21)(H,17,22)/t10-/m1/s1. The largest absolute Gasteiger partial charge is 0.348 e. The van der Waals surface area contributed by atoms with Crippen LogP contribution in [0.25, 0.3) is 0 Å². The summed E-state index contributed by atoms with van der Waals surface area (Å²) < 4.78 is 2.41. The van der Waals surface area contributed by atoms with Crippen molar-refractivity contribution in [3.63, 3.8) is 0 Å². The maximum atomic E-state index is 12.3. The van der Waals surface area contributed by atoms with Gasteiger partial charge in [0.2, 0.25) is 11.8 Å². The number of aromatic amines is 1. The Morgan fingerprint density at radius 2 is 2.23 bits per heavy atom. The molecule has 0 aliphatic carbocycles. The van der Waals surface area contributed by atoms with Gasteiger partial charge in [-0.05, 0) is 32.0 Å². The van der Waals surface area contributed by atoms with Crippen LogP contribution in [-0.2, 0) is 22.7 Å². The normalized spacial score (nSPS) is 18.3. The molecule has 22 heavy (non-hydrogen) atoms. The molecule has 0 saturated carbocycles. The zero-order valence-corrected chi connectivity index (χ0v) is 13.9. The molecule has 0 spiro atoms. The maximum absolute atomic E-state index is 12.3. The molecule has 0 aromatic carbocycles. The molecular formula is C14H23N5O2S. The van der Waals surface area contributed by atoms with Crippen molar-refractivity contribution in [3.05, 3.63) is 10.6 Å². The molecule has 2 heterocycles. The molecule has 1 aliphatic heterocycles. The van der Waals surface area contributed by atoms with Crippen LogP contribution in [0.4, 0.5) is 0 Å². The zero-order valence-electron chi connectivity index (χ0n) is 13.1. The lowest BCUT2D eigenvalue weighted by Crippen LogP contribution is -2.45. The molecule has 2 rings (SSSR count). The Hall–Kier alpha value is -1.70. The van der Waals surface area contributed by atoms with Gasteiger partial charge in [-0.25, -0.2) is 0 Å². The van der Waals surface area contributed by atoms with Gasteiger partial charge in [-0.2, -0.15) is 5.10 Å². The van der Waals surface area contributed by atoms with E-state index in [0.29, 0.717) is 30.8 Å². The third kappa shape index (κ3) is 3.73. The van der Waals surface area contributed by atoms with Crippen molar-refractivity contribution in [2.45, 2.75) is 46.2 Å². The first-order chi connectivity index (χ1) is 10.6. The van der Waals surface area contributed by atoms with E-state index >= 15 is 0 Å². The van der Waals surface area contributed by atoms with Gasteiger partial charge in [0.1, 0.15) is 0 Å². The van der Waals surface area contributed by atoms with Crippen molar-refractivity contribution < 1.29 is 9.59 Å². The number of nitrogens with one attached hydrogen (secondary N) is 2. The van der Waals surface area contributed by atoms with Crippen LogP contribution < -0.4 is 5.32 Å². The van der Waals surface area contributed by atoms with Crippen LogP contribution in [0.15, 0.2) is 0 Å². The molecule has 1 aromatic heterocycles. The van der Waals surface area contributed by atoms with E-state index in [9.17, 15) is 9.59 Å². The topological polar surface area (TPSA) is 83.0 Å². The van der Waals surface area contributed by atoms with E-state index < -0.39 is 0 Å². The van der Waals surface area contributed by atoms with Crippen molar-refractivity contribution in [2.24, 2.45) is 5.92 Å². The molecule has 0 bridgehead atoms. The summed E-state index contributed by atoms with van der Waals surface area (Å²) in [6.07, 6.45) is 2.18. The second kappa shape index (κ2) is 7.53. The molecule has 0 radical (unpaired) electrons. The first-order valence-electron chi connectivity index (χ1n) is 7.76. The number of piperidine rings is 1. The molecular weight excluding hydrogens is 302 g/mol. The summed E-state index contributed by atoms with van der Waals surface area (Å²) in [4.78, 5) is 25.9. The highest BCUT2D eigenvalue weighted by molar-refractivity contribution is 7.71. The van der Waals surface area contributed by atoms with E-state index in [1.54, 1.807) is 4.90 Å². The molecule has 1 atom stereocenters. The molecule has 7 nitrogen and oxygen atoms in total. The van der Waals surface area contributed by atoms with Gasteiger partial charge in [0, 0.05) is 26.1 Å². The van der Waals surface area contributed by atoms with Crippen LogP contribution in [0, 0.1) is 10.7 Å². The first-order valence-corrected chi connectivity index (χ1v) is 8.17. The number of carbonyl (C=O) groups excluding carboxylic acids is 2. The first kappa shape index (κ1) is 16.7. The highest BCUT2D eigenvalue weighted by atomic mass is 32.1. The molecule has 1 fully saturated rings. The third-order valence-corrected chi connectivity index (χ3v) is 4.33. The van der Waals surface area contributed by atoms with Crippen molar-refractivity contribution in [1.29, 1.82) is 0 Å². The SMILES string of the molecule is CCC(=O)N1CCC[C@@H](C(=O)NCc2n[nH]c(=S)n2CC)C1. The second-order valence-corrected chi connectivity index (χ2v) is 5.83.